The van der Waals surface area contributed by atoms with Crippen LogP contribution in [-0.4, -0.2) is 71.2 Å². The number of nitrogens with two attached hydrogens (primary N) is 1. The number of esters is 1. The van der Waals surface area contributed by atoms with E-state index < -0.39 is 23.2 Å². The third-order valence-corrected chi connectivity index (χ3v) is 3.66. The van der Waals surface area contributed by atoms with Crippen LogP contribution in [0.1, 0.15) is 54.4 Å². The van der Waals surface area contributed by atoms with Gasteiger partial charge in [0.1, 0.15) is 17.2 Å². The molecule has 1 atom stereocenters. The number of rotatable bonds is 4. The van der Waals surface area contributed by atoms with E-state index in [-0.39, 0.29) is 24.8 Å². The first-order valence-electron chi connectivity index (χ1n) is 9.02. The van der Waals surface area contributed by atoms with E-state index in [1.54, 1.807) is 30.6 Å². The van der Waals surface area contributed by atoms with Crippen molar-refractivity contribution >= 4 is 18.0 Å². The van der Waals surface area contributed by atoms with Gasteiger partial charge in [-0.25, -0.2) is 4.79 Å². The lowest BCUT2D eigenvalue weighted by molar-refractivity contribution is -0.156. The van der Waals surface area contributed by atoms with Crippen molar-refractivity contribution in [2.45, 2.75) is 71.6 Å². The average molecular weight is 371 g/mol. The maximum Gasteiger partial charge on any atom is 0.410 e. The van der Waals surface area contributed by atoms with E-state index in [1.807, 2.05) is 20.8 Å². The first kappa shape index (κ1) is 22.2. The van der Waals surface area contributed by atoms with Crippen molar-refractivity contribution in [2.75, 3.05) is 26.2 Å². The zero-order valence-electron chi connectivity index (χ0n) is 16.8. The summed E-state index contributed by atoms with van der Waals surface area (Å²) >= 11 is 0. The number of piperazine rings is 1. The van der Waals surface area contributed by atoms with Gasteiger partial charge in [-0.15, -0.1) is 0 Å². The molecular formula is C18H33N3O5. The van der Waals surface area contributed by atoms with Crippen molar-refractivity contribution in [1.82, 2.24) is 9.80 Å². The minimum atomic E-state index is -0.818. The molecule has 0 saturated carbocycles. The molecule has 8 heteroatoms. The SMILES string of the molecule is CC(C)(C)OC(=O)[C@@H](N)CCC(=O)N1CCN(C(=O)OC(C)(C)C)CC1. The summed E-state index contributed by atoms with van der Waals surface area (Å²) in [5.41, 5.74) is 4.67. The fraction of sp³-hybridized carbons (Fsp3) is 0.833. The molecule has 0 unspecified atom stereocenters. The van der Waals surface area contributed by atoms with Crippen LogP contribution in [0.3, 0.4) is 0 Å². The number of carbonyl (C=O) groups excluding carboxylic acids is 3. The number of nitrogens with zero attached hydrogens (tertiary/aromatic N) is 2. The topological polar surface area (TPSA) is 102 Å². The second kappa shape index (κ2) is 8.70. The van der Waals surface area contributed by atoms with Crippen LogP contribution in [0.25, 0.3) is 0 Å². The van der Waals surface area contributed by atoms with E-state index in [1.165, 1.54) is 0 Å². The van der Waals surface area contributed by atoms with Gasteiger partial charge in [-0.3, -0.25) is 9.59 Å². The van der Waals surface area contributed by atoms with Crippen molar-refractivity contribution in [3.63, 3.8) is 0 Å². The van der Waals surface area contributed by atoms with Crippen LogP contribution < -0.4 is 5.73 Å². The summed E-state index contributed by atoms with van der Waals surface area (Å²) in [6, 6.07) is -0.818. The van der Waals surface area contributed by atoms with Gasteiger partial charge < -0.3 is 25.0 Å². The Bertz CT molecular complexity index is 514. The van der Waals surface area contributed by atoms with Crippen LogP contribution in [0.4, 0.5) is 4.79 Å². The third-order valence-electron chi connectivity index (χ3n) is 3.66. The molecule has 150 valence electrons. The lowest BCUT2D eigenvalue weighted by Crippen LogP contribution is -2.51. The van der Waals surface area contributed by atoms with E-state index in [9.17, 15) is 14.4 Å². The number of amides is 2. The van der Waals surface area contributed by atoms with Crippen LogP contribution in [0.5, 0.6) is 0 Å². The van der Waals surface area contributed by atoms with Gasteiger partial charge >= 0.3 is 12.1 Å². The Morgan fingerprint density at radius 3 is 1.81 bits per heavy atom. The molecule has 2 amide bonds. The summed E-state index contributed by atoms with van der Waals surface area (Å²) in [6.45, 7) is 12.5. The molecule has 0 aromatic rings. The zero-order chi connectivity index (χ0) is 20.1. The molecule has 0 aromatic carbocycles. The summed E-state index contributed by atoms with van der Waals surface area (Å²) in [5, 5.41) is 0. The molecule has 2 N–H and O–H groups in total. The van der Waals surface area contributed by atoms with E-state index in [0.29, 0.717) is 26.2 Å². The van der Waals surface area contributed by atoms with Gasteiger partial charge in [-0.05, 0) is 48.0 Å². The lowest BCUT2D eigenvalue weighted by Gasteiger charge is -2.35. The summed E-state index contributed by atoms with van der Waals surface area (Å²) < 4.78 is 10.5. The van der Waals surface area contributed by atoms with Crippen molar-refractivity contribution in [1.29, 1.82) is 0 Å². The minimum absolute atomic E-state index is 0.0761. The second-order valence-electron chi connectivity index (χ2n) is 8.53. The first-order valence-corrected chi connectivity index (χ1v) is 9.02. The summed E-state index contributed by atoms with van der Waals surface area (Å²) in [5.74, 6) is -0.576. The predicted octanol–water partition coefficient (Wildman–Crippen LogP) is 1.51. The zero-order valence-corrected chi connectivity index (χ0v) is 16.8. The van der Waals surface area contributed by atoms with Crippen LogP contribution >= 0.6 is 0 Å². The minimum Gasteiger partial charge on any atom is -0.459 e. The number of carbonyl (C=O) groups is 3. The quantitative estimate of drug-likeness (QED) is 0.752. The molecule has 1 aliphatic heterocycles. The maximum atomic E-state index is 12.3. The summed E-state index contributed by atoms with van der Waals surface area (Å²) in [6.07, 6.45) is 0.0453. The fourth-order valence-corrected chi connectivity index (χ4v) is 2.40. The standard InChI is InChI=1S/C18H33N3O5/c1-17(2,3)25-15(23)13(19)7-8-14(22)20-9-11-21(12-10-20)16(24)26-18(4,5)6/h13H,7-12,19H2,1-6H3/t13-/m0/s1. The Labute approximate surface area is 156 Å². The fourth-order valence-electron chi connectivity index (χ4n) is 2.40. The van der Waals surface area contributed by atoms with E-state index in [0.717, 1.165) is 0 Å². The van der Waals surface area contributed by atoms with Gasteiger partial charge in [0.2, 0.25) is 5.91 Å². The molecule has 0 radical (unpaired) electrons. The average Bonchev–Trinajstić information content (AvgIpc) is 2.49. The Morgan fingerprint density at radius 1 is 0.885 bits per heavy atom. The molecule has 1 rings (SSSR count). The lowest BCUT2D eigenvalue weighted by atomic mass is 10.1. The molecule has 1 aliphatic rings. The molecule has 0 spiro atoms. The molecule has 0 aliphatic carbocycles. The monoisotopic (exact) mass is 371 g/mol. The smallest absolute Gasteiger partial charge is 0.410 e. The highest BCUT2D eigenvalue weighted by Gasteiger charge is 2.28. The van der Waals surface area contributed by atoms with Gasteiger partial charge in [-0.1, -0.05) is 0 Å². The summed E-state index contributed by atoms with van der Waals surface area (Å²) in [7, 11) is 0. The van der Waals surface area contributed by atoms with Crippen LogP contribution in [0.15, 0.2) is 0 Å². The number of hydrogen-bond acceptors (Lipinski definition) is 6. The maximum absolute atomic E-state index is 12.3. The third kappa shape index (κ3) is 8.03. The summed E-state index contributed by atoms with van der Waals surface area (Å²) in [4.78, 5) is 39.5. The molecule has 1 heterocycles. The van der Waals surface area contributed by atoms with Crippen molar-refractivity contribution in [3.05, 3.63) is 0 Å². The Hall–Kier alpha value is -1.83. The number of hydrogen-bond donors (Lipinski definition) is 1. The van der Waals surface area contributed by atoms with Gasteiger partial charge in [0, 0.05) is 32.6 Å². The highest BCUT2D eigenvalue weighted by molar-refractivity contribution is 5.79. The van der Waals surface area contributed by atoms with Crippen molar-refractivity contribution in [3.8, 4) is 0 Å². The Balaban J connectivity index is 2.38. The van der Waals surface area contributed by atoms with E-state index in [2.05, 4.69) is 0 Å². The van der Waals surface area contributed by atoms with Crippen molar-refractivity contribution in [2.24, 2.45) is 5.73 Å². The van der Waals surface area contributed by atoms with Crippen molar-refractivity contribution < 1.29 is 23.9 Å². The molecule has 0 aromatic heterocycles. The molecule has 1 saturated heterocycles. The second-order valence-corrected chi connectivity index (χ2v) is 8.53. The largest absolute Gasteiger partial charge is 0.459 e. The van der Waals surface area contributed by atoms with E-state index >= 15 is 0 Å². The van der Waals surface area contributed by atoms with Gasteiger partial charge in [-0.2, -0.15) is 0 Å². The first-order chi connectivity index (χ1) is 11.8. The molecule has 8 nitrogen and oxygen atoms in total. The van der Waals surface area contributed by atoms with E-state index in [4.69, 9.17) is 15.2 Å². The highest BCUT2D eigenvalue weighted by atomic mass is 16.6. The highest BCUT2D eigenvalue weighted by Crippen LogP contribution is 2.13. The normalized spacial score (nSPS) is 16.9. The molecule has 0 bridgehead atoms. The molecular weight excluding hydrogens is 338 g/mol. The number of ether oxygens (including phenoxy) is 2. The van der Waals surface area contributed by atoms with Crippen LogP contribution in [0.2, 0.25) is 0 Å². The predicted molar refractivity (Wildman–Crippen MR) is 97.4 cm³/mol. The Morgan fingerprint density at radius 2 is 1.35 bits per heavy atom. The van der Waals surface area contributed by atoms with Crippen LogP contribution in [0, 0.1) is 0 Å². The van der Waals surface area contributed by atoms with Gasteiger partial charge in [0.15, 0.2) is 0 Å². The van der Waals surface area contributed by atoms with Gasteiger partial charge in [0.25, 0.3) is 0 Å². The molecule has 1 fully saturated rings. The molecule has 26 heavy (non-hydrogen) atoms. The van der Waals surface area contributed by atoms with Gasteiger partial charge in [0.05, 0.1) is 0 Å². The Kier molecular flexibility index (Phi) is 7.44. The van der Waals surface area contributed by atoms with Crippen LogP contribution in [-0.2, 0) is 19.1 Å².